The topological polar surface area (TPSA) is 50.4 Å². The van der Waals surface area contributed by atoms with Crippen molar-refractivity contribution >= 4 is 12.0 Å². The maximum absolute atomic E-state index is 11.8. The number of nitrogens with one attached hydrogen (secondary N) is 2. The van der Waals surface area contributed by atoms with Crippen LogP contribution in [0, 0.1) is 0 Å². The van der Waals surface area contributed by atoms with Crippen LogP contribution < -0.4 is 10.6 Å². The molecule has 0 bridgehead atoms. The number of piperazine rings is 1. The lowest BCUT2D eigenvalue weighted by Crippen LogP contribution is -2.52. The molecule has 1 saturated heterocycles. The highest BCUT2D eigenvalue weighted by atomic mass is 16.5. The van der Waals surface area contributed by atoms with E-state index in [4.69, 9.17) is 4.74 Å². The molecule has 1 heterocycles. The Bertz CT molecular complexity index is 431. The maximum atomic E-state index is 11.8. The van der Waals surface area contributed by atoms with Gasteiger partial charge in [0.25, 0.3) is 0 Å². The Morgan fingerprint density at radius 3 is 3.17 bits per heavy atom. The Balaban J connectivity index is 0.00000180. The molecule has 2 rings (SSSR count). The van der Waals surface area contributed by atoms with E-state index in [1.54, 1.807) is 6.08 Å². The highest BCUT2D eigenvalue weighted by Crippen LogP contribution is 2.08. The average Bonchev–Trinajstić information content (AvgIpc) is 2.46. The van der Waals surface area contributed by atoms with E-state index >= 15 is 0 Å². The zero-order valence-electron chi connectivity index (χ0n) is 10.3. The van der Waals surface area contributed by atoms with Crippen LogP contribution in [-0.4, -0.2) is 31.6 Å². The summed E-state index contributed by atoms with van der Waals surface area (Å²) < 4.78 is 5.29. The smallest absolute Gasteiger partial charge is 0.324 e. The van der Waals surface area contributed by atoms with Crippen molar-refractivity contribution in [1.29, 1.82) is 0 Å². The first-order valence-corrected chi connectivity index (χ1v) is 6.12. The van der Waals surface area contributed by atoms with Gasteiger partial charge in [0, 0.05) is 21.1 Å². The molecule has 18 heavy (non-hydrogen) atoms. The van der Waals surface area contributed by atoms with Gasteiger partial charge in [0.1, 0.15) is 12.6 Å². The molecule has 4 heteroatoms. The Morgan fingerprint density at radius 1 is 1.56 bits per heavy atom. The molecule has 0 saturated carbocycles. The van der Waals surface area contributed by atoms with Crippen LogP contribution in [0.3, 0.4) is 0 Å². The highest BCUT2D eigenvalue weighted by molar-refractivity contribution is 5.76. The van der Waals surface area contributed by atoms with Crippen molar-refractivity contribution in [2.75, 3.05) is 19.6 Å². The molecule has 1 aromatic carbocycles. The van der Waals surface area contributed by atoms with Crippen molar-refractivity contribution < 1.29 is 11.0 Å². The minimum absolute atomic E-state index is 0. The average molecular weight is 248 g/mol. The Morgan fingerprint density at radius 2 is 2.44 bits per heavy atom. The third-order valence-corrected chi connectivity index (χ3v) is 2.89. The first kappa shape index (κ1) is 12.8. The largest absolute Gasteiger partial charge is 0.460 e. The highest BCUT2D eigenvalue weighted by Gasteiger charge is 2.21. The number of esters is 1. The van der Waals surface area contributed by atoms with E-state index in [9.17, 15) is 4.79 Å². The van der Waals surface area contributed by atoms with Gasteiger partial charge >= 0.3 is 5.97 Å². The summed E-state index contributed by atoms with van der Waals surface area (Å²) in [5, 5.41) is 6.28. The van der Waals surface area contributed by atoms with E-state index < -0.39 is 0 Å². The molecule has 1 fully saturated rings. The Labute approximate surface area is 109 Å². The fraction of sp³-hybridized carbons (Fsp3) is 0.357. The lowest BCUT2D eigenvalue weighted by molar-refractivity contribution is -0.147. The lowest BCUT2D eigenvalue weighted by atomic mass is 10.1. The van der Waals surface area contributed by atoms with Crippen LogP contribution in [0.15, 0.2) is 30.8 Å². The predicted octanol–water partition coefficient (Wildman–Crippen LogP) is 1.18. The van der Waals surface area contributed by atoms with Gasteiger partial charge in [0.2, 0.25) is 0 Å². The summed E-state index contributed by atoms with van der Waals surface area (Å²) in [6.45, 7) is 6.34. The van der Waals surface area contributed by atoms with Crippen molar-refractivity contribution in [3.8, 4) is 0 Å². The molecule has 1 unspecified atom stereocenters. The molecule has 0 aromatic heterocycles. The van der Waals surface area contributed by atoms with Gasteiger partial charge in [-0.05, 0) is 17.2 Å². The van der Waals surface area contributed by atoms with Gasteiger partial charge in [-0.15, -0.1) is 0 Å². The molecular weight excluding hydrogens is 228 g/mol. The van der Waals surface area contributed by atoms with Crippen molar-refractivity contribution in [3.63, 3.8) is 0 Å². The molecule has 2 N–H and O–H groups in total. The van der Waals surface area contributed by atoms with Crippen molar-refractivity contribution in [2.24, 2.45) is 0 Å². The summed E-state index contributed by atoms with van der Waals surface area (Å²) in [7, 11) is 0. The third-order valence-electron chi connectivity index (χ3n) is 2.89. The normalized spacial score (nSPS) is 19.2. The molecular formula is C14H20N2O2. The van der Waals surface area contributed by atoms with E-state index in [2.05, 4.69) is 17.2 Å². The van der Waals surface area contributed by atoms with Crippen molar-refractivity contribution in [3.05, 3.63) is 42.0 Å². The van der Waals surface area contributed by atoms with Crippen LogP contribution in [0.25, 0.3) is 6.08 Å². The summed E-state index contributed by atoms with van der Waals surface area (Å²) in [5.41, 5.74) is 2.01. The molecule has 0 aliphatic carbocycles. The molecule has 1 atom stereocenters. The maximum Gasteiger partial charge on any atom is 0.324 e. The second-order valence-electron chi connectivity index (χ2n) is 4.27. The van der Waals surface area contributed by atoms with Crippen LogP contribution in [0.5, 0.6) is 0 Å². The first-order chi connectivity index (χ1) is 8.79. The van der Waals surface area contributed by atoms with Crippen LogP contribution in [-0.2, 0) is 16.1 Å². The molecule has 4 nitrogen and oxygen atoms in total. The SMILES string of the molecule is C=Cc1cccc(COC(=O)C2CNCCN2)c1.[HH]. The van der Waals surface area contributed by atoms with Crippen LogP contribution >= 0.6 is 0 Å². The monoisotopic (exact) mass is 248 g/mol. The van der Waals surface area contributed by atoms with Gasteiger partial charge in [-0.1, -0.05) is 30.9 Å². The molecule has 98 valence electrons. The van der Waals surface area contributed by atoms with E-state index in [0.717, 1.165) is 24.2 Å². The predicted molar refractivity (Wildman–Crippen MR) is 73.1 cm³/mol. The fourth-order valence-corrected chi connectivity index (χ4v) is 1.88. The summed E-state index contributed by atoms with van der Waals surface area (Å²) in [6.07, 6.45) is 1.78. The van der Waals surface area contributed by atoms with Gasteiger partial charge in [0.05, 0.1) is 0 Å². The third kappa shape index (κ3) is 3.42. The number of carbonyl (C=O) groups is 1. The van der Waals surface area contributed by atoms with Crippen molar-refractivity contribution in [1.82, 2.24) is 10.6 Å². The number of benzene rings is 1. The molecule has 1 aliphatic heterocycles. The summed E-state index contributed by atoms with van der Waals surface area (Å²) >= 11 is 0. The summed E-state index contributed by atoms with van der Waals surface area (Å²) in [4.78, 5) is 11.8. The molecule has 0 spiro atoms. The second kappa shape index (κ2) is 6.33. The summed E-state index contributed by atoms with van der Waals surface area (Å²) in [6, 6.07) is 7.56. The van der Waals surface area contributed by atoms with Crippen LogP contribution in [0.2, 0.25) is 0 Å². The Kier molecular flexibility index (Phi) is 4.50. The van der Waals surface area contributed by atoms with E-state index in [0.29, 0.717) is 13.2 Å². The minimum Gasteiger partial charge on any atom is -0.460 e. The molecule has 1 aromatic rings. The van der Waals surface area contributed by atoms with Gasteiger partial charge in [-0.2, -0.15) is 0 Å². The van der Waals surface area contributed by atoms with Crippen molar-refractivity contribution in [2.45, 2.75) is 12.6 Å². The van der Waals surface area contributed by atoms with E-state index in [1.165, 1.54) is 0 Å². The fourth-order valence-electron chi connectivity index (χ4n) is 1.88. The van der Waals surface area contributed by atoms with Gasteiger partial charge < -0.3 is 15.4 Å². The van der Waals surface area contributed by atoms with Gasteiger partial charge in [-0.3, -0.25) is 4.79 Å². The molecule has 0 radical (unpaired) electrons. The number of carbonyl (C=O) groups excluding carboxylic acids is 1. The standard InChI is InChI=1S/C14H18N2O2.H2/c1-2-11-4-3-5-12(8-11)10-18-14(17)13-9-15-6-7-16-13;/h2-5,8,13,15-16H,1,6-7,9-10H2;1H. The lowest BCUT2D eigenvalue weighted by Gasteiger charge is -2.22. The van der Waals surface area contributed by atoms with Gasteiger partial charge in [-0.25, -0.2) is 0 Å². The zero-order chi connectivity index (χ0) is 12.8. The molecule has 0 amide bonds. The Hall–Kier alpha value is -1.65. The summed E-state index contributed by atoms with van der Waals surface area (Å²) in [5.74, 6) is -0.203. The number of hydrogen-bond acceptors (Lipinski definition) is 4. The van der Waals surface area contributed by atoms with E-state index in [-0.39, 0.29) is 13.4 Å². The van der Waals surface area contributed by atoms with Crippen LogP contribution in [0.1, 0.15) is 12.6 Å². The number of rotatable bonds is 4. The quantitative estimate of drug-likeness (QED) is 0.786. The number of hydrogen-bond donors (Lipinski definition) is 2. The number of ether oxygens (including phenoxy) is 1. The zero-order valence-corrected chi connectivity index (χ0v) is 10.3. The first-order valence-electron chi connectivity index (χ1n) is 6.12. The van der Waals surface area contributed by atoms with Gasteiger partial charge in [0.15, 0.2) is 0 Å². The van der Waals surface area contributed by atoms with E-state index in [1.807, 2.05) is 24.3 Å². The van der Waals surface area contributed by atoms with Crippen LogP contribution in [0.4, 0.5) is 0 Å². The minimum atomic E-state index is -0.235. The second-order valence-corrected chi connectivity index (χ2v) is 4.27. The molecule has 1 aliphatic rings.